The fourth-order valence-electron chi connectivity index (χ4n) is 3.83. The Balaban J connectivity index is 2.01. The number of Topliss-reactive ketones (excluding diaryl/α,β-unsaturated/α-hetero) is 1. The molecule has 1 fully saturated rings. The van der Waals surface area contributed by atoms with Gasteiger partial charge in [-0.15, -0.1) is 11.3 Å². The van der Waals surface area contributed by atoms with Gasteiger partial charge in [-0.2, -0.15) is 0 Å². The summed E-state index contributed by atoms with van der Waals surface area (Å²) in [7, 11) is 2.91. The third-order valence-corrected chi connectivity index (χ3v) is 6.69. The maximum atomic E-state index is 13.3. The lowest BCUT2D eigenvalue weighted by atomic mass is 9.97. The predicted octanol–water partition coefficient (Wildman–Crippen LogP) is 5.35. The molecule has 0 saturated carbocycles. The zero-order valence-corrected chi connectivity index (χ0v) is 19.2. The van der Waals surface area contributed by atoms with E-state index in [0.717, 1.165) is 10.4 Å². The molecule has 0 spiro atoms. The van der Waals surface area contributed by atoms with Crippen LogP contribution in [0, 0.1) is 6.92 Å². The van der Waals surface area contributed by atoms with Gasteiger partial charge in [0.25, 0.3) is 11.7 Å². The molecule has 6 nitrogen and oxygen atoms in total. The first-order valence-electron chi connectivity index (χ1n) is 9.71. The number of aliphatic hydroxyl groups excluding tert-OH is 1. The fourth-order valence-corrected chi connectivity index (χ4v) is 4.98. The minimum atomic E-state index is -0.814. The van der Waals surface area contributed by atoms with E-state index in [1.54, 1.807) is 42.5 Å². The number of amides is 1. The lowest BCUT2D eigenvalue weighted by Crippen LogP contribution is -2.29. The summed E-state index contributed by atoms with van der Waals surface area (Å²) in [6.45, 7) is 1.90. The number of benzene rings is 2. The normalized spacial score (nSPS) is 17.6. The largest absolute Gasteiger partial charge is 0.506 e. The number of ether oxygens (including phenoxy) is 2. The van der Waals surface area contributed by atoms with E-state index in [4.69, 9.17) is 21.1 Å². The second-order valence-electron chi connectivity index (χ2n) is 7.15. The van der Waals surface area contributed by atoms with Gasteiger partial charge in [-0.05, 0) is 60.3 Å². The van der Waals surface area contributed by atoms with Crippen molar-refractivity contribution in [1.29, 1.82) is 0 Å². The monoisotopic (exact) mass is 469 g/mol. The van der Waals surface area contributed by atoms with Crippen molar-refractivity contribution in [2.24, 2.45) is 0 Å². The van der Waals surface area contributed by atoms with Gasteiger partial charge < -0.3 is 14.6 Å². The second-order valence-corrected chi connectivity index (χ2v) is 8.54. The van der Waals surface area contributed by atoms with Crippen molar-refractivity contribution < 1.29 is 24.2 Å². The van der Waals surface area contributed by atoms with Crippen LogP contribution >= 0.6 is 22.9 Å². The number of aliphatic hydroxyl groups is 1. The van der Waals surface area contributed by atoms with E-state index in [2.05, 4.69) is 0 Å². The Morgan fingerprint density at radius 2 is 1.66 bits per heavy atom. The SMILES string of the molecule is COc1cccc(OC)c1/C(O)=C1\C(=O)C(=O)N(c2ccc(Cl)cc2)C1c1sccc1C. The van der Waals surface area contributed by atoms with Crippen LogP contribution in [0.15, 0.2) is 59.5 Å². The molecule has 1 aliphatic heterocycles. The highest BCUT2D eigenvalue weighted by atomic mass is 35.5. The number of hydrogen-bond donors (Lipinski definition) is 1. The number of rotatable bonds is 5. The second kappa shape index (κ2) is 8.68. The Morgan fingerprint density at radius 1 is 1.03 bits per heavy atom. The van der Waals surface area contributed by atoms with Crippen molar-refractivity contribution in [3.05, 3.63) is 80.5 Å². The standard InChI is InChI=1S/C24H20ClNO5S/c1-13-11-12-32-23(13)20-19(21(27)18-16(30-2)5-4-6-17(18)31-3)22(28)24(29)26(20)15-9-7-14(25)8-10-15/h4-12,20,27H,1-3H3/b21-19+. The summed E-state index contributed by atoms with van der Waals surface area (Å²) < 4.78 is 10.8. The van der Waals surface area contributed by atoms with Gasteiger partial charge in [-0.3, -0.25) is 14.5 Å². The Morgan fingerprint density at radius 3 is 2.19 bits per heavy atom. The number of nitrogens with zero attached hydrogens (tertiary/aromatic N) is 1. The molecular formula is C24H20ClNO5S. The van der Waals surface area contributed by atoms with E-state index in [9.17, 15) is 14.7 Å². The molecule has 0 radical (unpaired) electrons. The molecule has 1 N–H and O–H groups in total. The van der Waals surface area contributed by atoms with Crippen LogP contribution in [0.4, 0.5) is 5.69 Å². The molecule has 32 heavy (non-hydrogen) atoms. The van der Waals surface area contributed by atoms with E-state index in [1.807, 2.05) is 18.4 Å². The van der Waals surface area contributed by atoms with Gasteiger partial charge in [0, 0.05) is 15.6 Å². The molecule has 1 unspecified atom stereocenters. The molecule has 2 aromatic carbocycles. The average Bonchev–Trinajstić information content (AvgIpc) is 3.33. The Kier molecular flexibility index (Phi) is 5.95. The Hall–Kier alpha value is -3.29. The van der Waals surface area contributed by atoms with Crippen LogP contribution in [0.25, 0.3) is 5.76 Å². The molecule has 4 rings (SSSR count). The lowest BCUT2D eigenvalue weighted by Gasteiger charge is -2.25. The van der Waals surface area contributed by atoms with Crippen molar-refractivity contribution in [2.45, 2.75) is 13.0 Å². The number of methoxy groups -OCH3 is 2. The van der Waals surface area contributed by atoms with Gasteiger partial charge in [0.15, 0.2) is 0 Å². The van der Waals surface area contributed by atoms with Crippen molar-refractivity contribution in [3.63, 3.8) is 0 Å². The highest BCUT2D eigenvalue weighted by Gasteiger charge is 2.48. The van der Waals surface area contributed by atoms with Crippen molar-refractivity contribution in [1.82, 2.24) is 0 Å². The van der Waals surface area contributed by atoms with Gasteiger partial charge in [0.1, 0.15) is 28.9 Å². The van der Waals surface area contributed by atoms with Gasteiger partial charge in [0.05, 0.1) is 19.8 Å². The summed E-state index contributed by atoms with van der Waals surface area (Å²) in [5, 5.41) is 13.8. The topological polar surface area (TPSA) is 76.1 Å². The quantitative estimate of drug-likeness (QED) is 0.309. The number of anilines is 1. The fraction of sp³-hybridized carbons (Fsp3) is 0.167. The number of aryl methyl sites for hydroxylation is 1. The molecule has 1 amide bonds. The van der Waals surface area contributed by atoms with Crippen LogP contribution in [0.3, 0.4) is 0 Å². The van der Waals surface area contributed by atoms with Gasteiger partial charge in [-0.25, -0.2) is 0 Å². The number of thiophene rings is 1. The molecule has 3 aromatic rings. The Labute approximate surface area is 194 Å². The van der Waals surface area contributed by atoms with E-state index in [1.165, 1.54) is 30.5 Å². The highest BCUT2D eigenvalue weighted by molar-refractivity contribution is 7.10. The molecule has 0 bridgehead atoms. The van der Waals surface area contributed by atoms with E-state index >= 15 is 0 Å². The zero-order valence-electron chi connectivity index (χ0n) is 17.6. The summed E-state index contributed by atoms with van der Waals surface area (Å²) >= 11 is 7.43. The average molecular weight is 470 g/mol. The maximum absolute atomic E-state index is 13.3. The first kappa shape index (κ1) is 21.9. The molecule has 1 saturated heterocycles. The molecule has 1 aliphatic rings. The third-order valence-electron chi connectivity index (χ3n) is 5.36. The first-order chi connectivity index (χ1) is 15.4. The molecule has 0 aliphatic carbocycles. The number of hydrogen-bond acceptors (Lipinski definition) is 6. The summed E-state index contributed by atoms with van der Waals surface area (Å²) in [4.78, 5) is 28.6. The van der Waals surface area contributed by atoms with Gasteiger partial charge in [-0.1, -0.05) is 17.7 Å². The highest BCUT2D eigenvalue weighted by Crippen LogP contribution is 2.47. The minimum Gasteiger partial charge on any atom is -0.506 e. The Bertz CT molecular complexity index is 1210. The van der Waals surface area contributed by atoms with E-state index in [0.29, 0.717) is 22.2 Å². The van der Waals surface area contributed by atoms with Crippen molar-refractivity contribution >= 4 is 46.1 Å². The van der Waals surface area contributed by atoms with Crippen LogP contribution in [0.2, 0.25) is 5.02 Å². The number of halogens is 1. The van der Waals surface area contributed by atoms with Crippen LogP contribution < -0.4 is 14.4 Å². The van der Waals surface area contributed by atoms with Crippen LogP contribution in [-0.4, -0.2) is 31.0 Å². The van der Waals surface area contributed by atoms with Crippen LogP contribution in [0.5, 0.6) is 11.5 Å². The number of carbonyl (C=O) groups excluding carboxylic acids is 2. The number of carbonyl (C=O) groups is 2. The van der Waals surface area contributed by atoms with Crippen molar-refractivity contribution in [2.75, 3.05) is 19.1 Å². The summed E-state index contributed by atoms with van der Waals surface area (Å²) in [5.41, 5.74) is 1.59. The lowest BCUT2D eigenvalue weighted by molar-refractivity contribution is -0.132. The summed E-state index contributed by atoms with van der Waals surface area (Å²) in [6, 6.07) is 12.8. The van der Waals surface area contributed by atoms with E-state index in [-0.39, 0.29) is 16.9 Å². The van der Waals surface area contributed by atoms with Gasteiger partial charge >= 0.3 is 0 Å². The first-order valence-corrected chi connectivity index (χ1v) is 11.0. The zero-order chi connectivity index (χ0) is 23.0. The third kappa shape index (κ3) is 3.53. The molecule has 1 atom stereocenters. The maximum Gasteiger partial charge on any atom is 0.300 e. The summed E-state index contributed by atoms with van der Waals surface area (Å²) in [6.07, 6.45) is 0. The molecule has 8 heteroatoms. The van der Waals surface area contributed by atoms with Crippen LogP contribution in [0.1, 0.15) is 22.0 Å². The minimum absolute atomic E-state index is 0.0294. The number of ketones is 1. The summed E-state index contributed by atoms with van der Waals surface area (Å²) in [5.74, 6) is -1.24. The van der Waals surface area contributed by atoms with Crippen LogP contribution in [-0.2, 0) is 9.59 Å². The molecule has 2 heterocycles. The smallest absolute Gasteiger partial charge is 0.300 e. The van der Waals surface area contributed by atoms with Crippen molar-refractivity contribution in [3.8, 4) is 11.5 Å². The predicted molar refractivity (Wildman–Crippen MR) is 125 cm³/mol. The van der Waals surface area contributed by atoms with E-state index < -0.39 is 17.7 Å². The molecule has 1 aromatic heterocycles. The molecular weight excluding hydrogens is 450 g/mol. The molecule has 164 valence electrons. The van der Waals surface area contributed by atoms with Gasteiger partial charge in [0.2, 0.25) is 0 Å².